The summed E-state index contributed by atoms with van der Waals surface area (Å²) in [7, 11) is 0.0737. The third-order valence-corrected chi connectivity index (χ3v) is 3.11. The van der Waals surface area contributed by atoms with Crippen molar-refractivity contribution >= 4 is 14.6 Å². The molecule has 1 N–H and O–H groups in total. The van der Waals surface area contributed by atoms with Gasteiger partial charge in [-0.15, -0.1) is 0 Å². The Kier molecular flexibility index (Phi) is 19.6. The van der Waals surface area contributed by atoms with Crippen molar-refractivity contribution in [3.05, 3.63) is 12.3 Å². The third-order valence-electron chi connectivity index (χ3n) is 2.23. The maximum Gasteiger partial charge on any atom is 0.138 e. The van der Waals surface area contributed by atoms with Crippen LogP contribution < -0.4 is 0 Å². The molecule has 2 atom stereocenters. The average Bonchev–Trinajstić information content (AvgIpc) is 2.78. The molecule has 4 heteroatoms. The molecule has 0 aromatic carbocycles. The van der Waals surface area contributed by atoms with E-state index in [1.165, 1.54) is 12.3 Å². The van der Waals surface area contributed by atoms with Gasteiger partial charge < -0.3 is 9.84 Å². The zero-order valence-corrected chi connectivity index (χ0v) is 17.5. The lowest BCUT2D eigenvalue weighted by atomic mass is 10.4. The molecular weight excluding hydrogens is 403 g/mol. The Morgan fingerprint density at radius 2 is 1.16 bits per heavy atom. The average molecular weight is 416 g/mol. The van der Waals surface area contributed by atoms with Crippen LogP contribution in [0, 0.1) is 118 Å². The fraction of sp³-hybridized carbons (Fsp3) is 0.148. The number of hydrogen-bond donors (Lipinski definition) is 1. The normalized spacial score (nSPS) is 7.68. The van der Waals surface area contributed by atoms with Crippen LogP contribution in [-0.4, -0.2) is 30.0 Å². The quantitative estimate of drug-likeness (QED) is 0.302. The molecule has 0 amide bonds. The van der Waals surface area contributed by atoms with Gasteiger partial charge in [0.2, 0.25) is 0 Å². The predicted octanol–water partition coefficient (Wildman–Crippen LogP) is 0.800. The van der Waals surface area contributed by atoms with Gasteiger partial charge in [-0.3, -0.25) is 4.79 Å². The summed E-state index contributed by atoms with van der Waals surface area (Å²) in [5.41, 5.74) is 0. The van der Waals surface area contributed by atoms with Gasteiger partial charge in [-0.05, 0) is 102 Å². The molecule has 0 aliphatic heterocycles. The van der Waals surface area contributed by atoms with Crippen molar-refractivity contribution in [3.8, 4) is 118 Å². The largest absolute Gasteiger partial charge is 0.498 e. The summed E-state index contributed by atoms with van der Waals surface area (Å²) in [6.07, 6.45) is 2.52. The van der Waals surface area contributed by atoms with Crippen molar-refractivity contribution < 1.29 is 14.6 Å². The molecular formula is C27H13O3P. The van der Waals surface area contributed by atoms with Crippen LogP contribution in [0.4, 0.5) is 0 Å². The number of hydrogen-bond acceptors (Lipinski definition) is 3. The Hall–Kier alpha value is -4.80. The number of aliphatic hydroxyl groups excluding tert-OH is 1. The molecule has 0 saturated heterocycles. The minimum absolute atomic E-state index is 0.0737. The first kappa shape index (κ1) is 26.2. The van der Waals surface area contributed by atoms with Gasteiger partial charge in [0.05, 0.1) is 12.4 Å². The molecule has 3 nitrogen and oxygen atoms in total. The summed E-state index contributed by atoms with van der Waals surface area (Å²) in [4.78, 5) is 10.2. The van der Waals surface area contributed by atoms with Crippen molar-refractivity contribution in [1.29, 1.82) is 0 Å². The van der Waals surface area contributed by atoms with Crippen LogP contribution >= 0.6 is 8.58 Å². The second-order valence-electron chi connectivity index (χ2n) is 4.46. The van der Waals surface area contributed by atoms with E-state index in [0.717, 1.165) is 6.03 Å². The Morgan fingerprint density at radius 1 is 0.742 bits per heavy atom. The van der Waals surface area contributed by atoms with Crippen molar-refractivity contribution in [2.75, 3.05) is 12.8 Å². The molecule has 0 aromatic rings. The Balaban J connectivity index is 4.25. The lowest BCUT2D eigenvalue weighted by Gasteiger charge is -2.06. The first-order valence-corrected chi connectivity index (χ1v) is 9.63. The molecule has 0 saturated carbocycles. The number of carbonyl (C=O) groups is 1. The third kappa shape index (κ3) is 23.2. The molecule has 0 fully saturated rings. The van der Waals surface area contributed by atoms with Gasteiger partial charge >= 0.3 is 0 Å². The molecule has 0 aromatic heterocycles. The van der Waals surface area contributed by atoms with E-state index in [4.69, 9.17) is 4.74 Å². The van der Waals surface area contributed by atoms with Crippen LogP contribution in [0.25, 0.3) is 0 Å². The van der Waals surface area contributed by atoms with E-state index in [1.54, 1.807) is 6.92 Å². The first-order valence-electron chi connectivity index (χ1n) is 8.35. The highest BCUT2D eigenvalue weighted by atomic mass is 31.1. The maximum absolute atomic E-state index is 10.2. The molecule has 0 aliphatic carbocycles. The summed E-state index contributed by atoms with van der Waals surface area (Å²) in [5, 5.41) is 9.43. The lowest BCUT2D eigenvalue weighted by Crippen LogP contribution is -2.15. The fourth-order valence-corrected chi connectivity index (χ4v) is 1.62. The number of carbonyl (C=O) groups excluding carboxylic acids is 1. The van der Waals surface area contributed by atoms with E-state index in [0.29, 0.717) is 6.16 Å². The standard InChI is InChI=1S/C27H13O3P/c1-2-3-4-5-6-7-8-9-10-11-12-13-14-15-16-17-18-19-20-21-22-23-30-24-27(29)25-31-26-28/h22-23,26-27,29,31H,24-25H2,1H3/b23-22-. The smallest absolute Gasteiger partial charge is 0.138 e. The van der Waals surface area contributed by atoms with Crippen molar-refractivity contribution in [1.82, 2.24) is 0 Å². The van der Waals surface area contributed by atoms with Gasteiger partial charge in [-0.25, -0.2) is 0 Å². The van der Waals surface area contributed by atoms with E-state index in [-0.39, 0.29) is 15.2 Å². The molecule has 0 radical (unpaired) electrons. The highest BCUT2D eigenvalue weighted by molar-refractivity contribution is 7.55. The van der Waals surface area contributed by atoms with E-state index < -0.39 is 6.10 Å². The van der Waals surface area contributed by atoms with E-state index in [2.05, 4.69) is 118 Å². The topological polar surface area (TPSA) is 46.5 Å². The van der Waals surface area contributed by atoms with Crippen LogP contribution in [0.15, 0.2) is 12.3 Å². The summed E-state index contributed by atoms with van der Waals surface area (Å²) >= 11 is 0. The van der Waals surface area contributed by atoms with Crippen LogP contribution in [0.1, 0.15) is 6.92 Å². The molecule has 0 bridgehead atoms. The molecule has 0 aliphatic rings. The lowest BCUT2D eigenvalue weighted by molar-refractivity contribution is 0.101. The highest BCUT2D eigenvalue weighted by Crippen LogP contribution is 2.05. The number of aliphatic hydroxyl groups is 1. The SMILES string of the molecule is CC#CC#CC#CC#CC#CC#CC#CC#CC#CC#C/C=C\OCC(O)CPC=O. The maximum atomic E-state index is 10.2. The minimum Gasteiger partial charge on any atom is -0.498 e. The summed E-state index contributed by atoms with van der Waals surface area (Å²) in [5.74, 6) is 50.4. The minimum atomic E-state index is -0.667. The molecule has 0 spiro atoms. The van der Waals surface area contributed by atoms with Crippen molar-refractivity contribution in [2.24, 2.45) is 0 Å². The Bertz CT molecular complexity index is 1280. The molecule has 31 heavy (non-hydrogen) atoms. The van der Waals surface area contributed by atoms with Gasteiger partial charge in [0.25, 0.3) is 0 Å². The Morgan fingerprint density at radius 3 is 1.58 bits per heavy atom. The highest BCUT2D eigenvalue weighted by Gasteiger charge is 2.01. The second-order valence-corrected chi connectivity index (χ2v) is 5.51. The molecule has 2 unspecified atom stereocenters. The summed E-state index contributed by atoms with van der Waals surface area (Å²) in [6.45, 7) is 1.80. The first-order chi connectivity index (χ1) is 15.3. The summed E-state index contributed by atoms with van der Waals surface area (Å²) in [6, 6.07) is 0.777. The monoisotopic (exact) mass is 416 g/mol. The van der Waals surface area contributed by atoms with Crippen LogP contribution in [-0.2, 0) is 9.53 Å². The van der Waals surface area contributed by atoms with Gasteiger partial charge in [0.15, 0.2) is 0 Å². The van der Waals surface area contributed by atoms with Crippen LogP contribution in [0.5, 0.6) is 0 Å². The van der Waals surface area contributed by atoms with E-state index in [9.17, 15) is 9.90 Å². The second kappa shape index (κ2) is 23.2. The van der Waals surface area contributed by atoms with Crippen LogP contribution in [0.2, 0.25) is 0 Å². The fourth-order valence-electron chi connectivity index (χ4n) is 1.13. The number of rotatable bonds is 6. The number of allylic oxidation sites excluding steroid dienone is 1. The van der Waals surface area contributed by atoms with Gasteiger partial charge in [-0.1, -0.05) is 20.4 Å². The summed E-state index contributed by atoms with van der Waals surface area (Å²) < 4.78 is 5.05. The zero-order chi connectivity index (χ0) is 22.7. The molecule has 144 valence electrons. The van der Waals surface area contributed by atoms with Gasteiger partial charge in [0.1, 0.15) is 12.6 Å². The van der Waals surface area contributed by atoms with Crippen LogP contribution in [0.3, 0.4) is 0 Å². The van der Waals surface area contributed by atoms with E-state index >= 15 is 0 Å². The predicted molar refractivity (Wildman–Crippen MR) is 124 cm³/mol. The van der Waals surface area contributed by atoms with Gasteiger partial charge in [-0.2, -0.15) is 0 Å². The molecule has 0 rings (SSSR count). The van der Waals surface area contributed by atoms with Crippen molar-refractivity contribution in [2.45, 2.75) is 13.0 Å². The van der Waals surface area contributed by atoms with E-state index in [1.807, 2.05) is 0 Å². The molecule has 0 heterocycles. The zero-order valence-electron chi connectivity index (χ0n) is 16.5. The van der Waals surface area contributed by atoms with Crippen molar-refractivity contribution in [3.63, 3.8) is 0 Å². The van der Waals surface area contributed by atoms with Gasteiger partial charge in [0, 0.05) is 24.1 Å². The Labute approximate surface area is 186 Å². The number of ether oxygens (including phenoxy) is 1.